The molecule has 0 saturated carbocycles. The van der Waals surface area contributed by atoms with Crippen molar-refractivity contribution in [1.82, 2.24) is 10.6 Å². The molecule has 0 radical (unpaired) electrons. The van der Waals surface area contributed by atoms with Crippen LogP contribution in [0.25, 0.3) is 0 Å². The summed E-state index contributed by atoms with van der Waals surface area (Å²) in [5.74, 6) is 1.55. The molecule has 25 heavy (non-hydrogen) atoms. The van der Waals surface area contributed by atoms with E-state index in [2.05, 4.69) is 31.6 Å². The SMILES string of the molecule is CN=C(NCCOc1ccc(Br)cc1)NCC(CO)c1ccccc1. The molecule has 0 aromatic heterocycles. The van der Waals surface area contributed by atoms with E-state index in [1.807, 2.05) is 54.6 Å². The fraction of sp³-hybridized carbons (Fsp3) is 0.316. The Labute approximate surface area is 157 Å². The van der Waals surface area contributed by atoms with Crippen LogP contribution >= 0.6 is 15.9 Å². The molecule has 1 atom stereocenters. The zero-order valence-electron chi connectivity index (χ0n) is 14.3. The first kappa shape index (κ1) is 19.3. The van der Waals surface area contributed by atoms with Crippen molar-refractivity contribution in [2.75, 3.05) is 33.4 Å². The van der Waals surface area contributed by atoms with Crippen LogP contribution in [0.5, 0.6) is 5.75 Å². The first-order valence-electron chi connectivity index (χ1n) is 8.21. The van der Waals surface area contributed by atoms with Gasteiger partial charge in [-0.3, -0.25) is 4.99 Å². The summed E-state index contributed by atoms with van der Waals surface area (Å²) in [4.78, 5) is 4.20. The summed E-state index contributed by atoms with van der Waals surface area (Å²) < 4.78 is 6.69. The Morgan fingerprint density at radius 1 is 1.12 bits per heavy atom. The Bertz CT molecular complexity index is 647. The number of halogens is 1. The lowest BCUT2D eigenvalue weighted by Gasteiger charge is -2.18. The van der Waals surface area contributed by atoms with Gasteiger partial charge in [-0.2, -0.15) is 0 Å². The van der Waals surface area contributed by atoms with E-state index in [0.29, 0.717) is 25.7 Å². The Balaban J connectivity index is 1.72. The van der Waals surface area contributed by atoms with E-state index in [9.17, 15) is 5.11 Å². The van der Waals surface area contributed by atoms with Gasteiger partial charge >= 0.3 is 0 Å². The average molecular weight is 406 g/mol. The molecule has 0 aliphatic rings. The average Bonchev–Trinajstić information content (AvgIpc) is 2.66. The van der Waals surface area contributed by atoms with E-state index in [1.54, 1.807) is 7.05 Å². The van der Waals surface area contributed by atoms with E-state index in [4.69, 9.17) is 4.74 Å². The van der Waals surface area contributed by atoms with Gasteiger partial charge in [-0.15, -0.1) is 0 Å². The number of aliphatic imine (C=N–C) groups is 1. The van der Waals surface area contributed by atoms with E-state index in [0.717, 1.165) is 15.8 Å². The lowest BCUT2D eigenvalue weighted by atomic mass is 10.0. The van der Waals surface area contributed by atoms with Crippen molar-refractivity contribution in [3.63, 3.8) is 0 Å². The summed E-state index contributed by atoms with van der Waals surface area (Å²) >= 11 is 3.40. The van der Waals surface area contributed by atoms with Crippen LogP contribution in [0.15, 0.2) is 64.1 Å². The molecule has 1 unspecified atom stereocenters. The molecule has 0 bridgehead atoms. The lowest BCUT2D eigenvalue weighted by Crippen LogP contribution is -2.41. The summed E-state index contributed by atoms with van der Waals surface area (Å²) in [6, 6.07) is 17.7. The van der Waals surface area contributed by atoms with Crippen LogP contribution in [0.3, 0.4) is 0 Å². The highest BCUT2D eigenvalue weighted by atomic mass is 79.9. The van der Waals surface area contributed by atoms with E-state index in [1.165, 1.54) is 0 Å². The third kappa shape index (κ3) is 6.76. The zero-order chi connectivity index (χ0) is 17.9. The molecule has 3 N–H and O–H groups in total. The Hall–Kier alpha value is -2.05. The maximum Gasteiger partial charge on any atom is 0.191 e. The molecule has 0 saturated heterocycles. The second-order valence-corrected chi connectivity index (χ2v) is 6.39. The predicted molar refractivity (Wildman–Crippen MR) is 105 cm³/mol. The van der Waals surface area contributed by atoms with Gasteiger partial charge in [0.15, 0.2) is 5.96 Å². The van der Waals surface area contributed by atoms with Crippen molar-refractivity contribution in [3.8, 4) is 5.75 Å². The number of benzene rings is 2. The lowest BCUT2D eigenvalue weighted by molar-refractivity contribution is 0.265. The highest BCUT2D eigenvalue weighted by Crippen LogP contribution is 2.16. The Kier molecular flexibility index (Phi) is 8.28. The van der Waals surface area contributed by atoms with Crippen LogP contribution in [-0.2, 0) is 0 Å². The molecule has 2 rings (SSSR count). The molecule has 0 aliphatic heterocycles. The normalized spacial score (nSPS) is 12.5. The van der Waals surface area contributed by atoms with Gasteiger partial charge in [-0.25, -0.2) is 0 Å². The van der Waals surface area contributed by atoms with Crippen LogP contribution in [0.1, 0.15) is 11.5 Å². The minimum absolute atomic E-state index is 0.0266. The van der Waals surface area contributed by atoms with Gasteiger partial charge < -0.3 is 20.5 Å². The molecule has 6 heteroatoms. The van der Waals surface area contributed by atoms with Crippen LogP contribution in [0.4, 0.5) is 0 Å². The third-order valence-corrected chi connectivity index (χ3v) is 4.24. The summed E-state index contributed by atoms with van der Waals surface area (Å²) in [5, 5.41) is 16.0. The number of rotatable bonds is 8. The molecule has 0 aliphatic carbocycles. The van der Waals surface area contributed by atoms with Crippen molar-refractivity contribution in [3.05, 3.63) is 64.6 Å². The minimum Gasteiger partial charge on any atom is -0.492 e. The van der Waals surface area contributed by atoms with Gasteiger partial charge in [0.05, 0.1) is 13.2 Å². The Morgan fingerprint density at radius 2 is 1.84 bits per heavy atom. The molecule has 5 nitrogen and oxygen atoms in total. The molecular formula is C19H24BrN3O2. The second-order valence-electron chi connectivity index (χ2n) is 5.47. The monoisotopic (exact) mass is 405 g/mol. The van der Waals surface area contributed by atoms with Gasteiger partial charge in [0.1, 0.15) is 12.4 Å². The van der Waals surface area contributed by atoms with E-state index < -0.39 is 0 Å². The summed E-state index contributed by atoms with van der Waals surface area (Å²) in [6.45, 7) is 1.85. The molecule has 2 aromatic carbocycles. The molecule has 134 valence electrons. The molecule has 0 fully saturated rings. The summed E-state index contributed by atoms with van der Waals surface area (Å²) in [5.41, 5.74) is 1.10. The molecule has 0 amide bonds. The third-order valence-electron chi connectivity index (χ3n) is 3.71. The van der Waals surface area contributed by atoms with Crippen LogP contribution in [0, 0.1) is 0 Å². The van der Waals surface area contributed by atoms with Crippen molar-refractivity contribution in [1.29, 1.82) is 0 Å². The Morgan fingerprint density at radius 3 is 2.48 bits per heavy atom. The fourth-order valence-corrected chi connectivity index (χ4v) is 2.59. The van der Waals surface area contributed by atoms with Crippen molar-refractivity contribution in [2.45, 2.75) is 5.92 Å². The van der Waals surface area contributed by atoms with Gasteiger partial charge in [-0.1, -0.05) is 46.3 Å². The van der Waals surface area contributed by atoms with Crippen LogP contribution < -0.4 is 15.4 Å². The van der Waals surface area contributed by atoms with Crippen LogP contribution in [0.2, 0.25) is 0 Å². The number of nitrogens with one attached hydrogen (secondary N) is 2. The molecule has 0 heterocycles. The molecule has 2 aromatic rings. The number of ether oxygens (including phenoxy) is 1. The predicted octanol–water partition coefficient (Wildman–Crippen LogP) is 2.77. The summed E-state index contributed by atoms with van der Waals surface area (Å²) in [7, 11) is 1.72. The van der Waals surface area contributed by atoms with E-state index >= 15 is 0 Å². The highest BCUT2D eigenvalue weighted by Gasteiger charge is 2.10. The maximum absolute atomic E-state index is 9.60. The number of guanidine groups is 1. The number of hydrogen-bond acceptors (Lipinski definition) is 3. The number of nitrogens with zero attached hydrogens (tertiary/aromatic N) is 1. The highest BCUT2D eigenvalue weighted by molar-refractivity contribution is 9.10. The standard InChI is InChI=1S/C19H24BrN3O2/c1-21-19(22-11-12-25-18-9-7-17(20)8-10-18)23-13-16(14-24)15-5-3-2-4-6-15/h2-10,16,24H,11-14H2,1H3,(H2,21,22,23). The number of hydrogen-bond donors (Lipinski definition) is 3. The molecular weight excluding hydrogens is 382 g/mol. The minimum atomic E-state index is 0.0266. The smallest absolute Gasteiger partial charge is 0.191 e. The fourth-order valence-electron chi connectivity index (χ4n) is 2.32. The number of aliphatic hydroxyl groups excluding tert-OH is 1. The van der Waals surface area contributed by atoms with Crippen molar-refractivity contribution >= 4 is 21.9 Å². The van der Waals surface area contributed by atoms with Gasteiger partial charge in [-0.05, 0) is 29.8 Å². The van der Waals surface area contributed by atoms with Gasteiger partial charge in [0.25, 0.3) is 0 Å². The van der Waals surface area contributed by atoms with E-state index in [-0.39, 0.29) is 12.5 Å². The van der Waals surface area contributed by atoms with Crippen LogP contribution in [-0.4, -0.2) is 44.4 Å². The topological polar surface area (TPSA) is 65.9 Å². The van der Waals surface area contributed by atoms with Gasteiger partial charge in [0.2, 0.25) is 0 Å². The van der Waals surface area contributed by atoms with Crippen molar-refractivity contribution in [2.24, 2.45) is 4.99 Å². The zero-order valence-corrected chi connectivity index (χ0v) is 15.9. The maximum atomic E-state index is 9.60. The second kappa shape index (κ2) is 10.7. The first-order chi connectivity index (χ1) is 12.2. The van der Waals surface area contributed by atoms with Crippen molar-refractivity contribution < 1.29 is 9.84 Å². The molecule has 0 spiro atoms. The summed E-state index contributed by atoms with van der Waals surface area (Å²) in [6.07, 6.45) is 0. The number of aliphatic hydroxyl groups is 1. The largest absolute Gasteiger partial charge is 0.492 e. The quantitative estimate of drug-likeness (QED) is 0.358. The first-order valence-corrected chi connectivity index (χ1v) is 9.01. The van der Waals surface area contributed by atoms with Gasteiger partial charge in [0, 0.05) is 24.0 Å².